The quantitative estimate of drug-likeness (QED) is 0.323. The van der Waals surface area contributed by atoms with Crippen molar-refractivity contribution in [2.24, 2.45) is 4.99 Å². The number of guanidine groups is 1. The third kappa shape index (κ3) is 7.94. The van der Waals surface area contributed by atoms with Gasteiger partial charge in [-0.2, -0.15) is 0 Å². The van der Waals surface area contributed by atoms with E-state index in [0.29, 0.717) is 6.54 Å². The van der Waals surface area contributed by atoms with E-state index in [-0.39, 0.29) is 24.0 Å². The smallest absolute Gasteiger partial charge is 0.191 e. The summed E-state index contributed by atoms with van der Waals surface area (Å²) in [5.74, 6) is 1.90. The summed E-state index contributed by atoms with van der Waals surface area (Å²) >= 11 is 0. The second-order valence-corrected chi connectivity index (χ2v) is 7.00. The fraction of sp³-hybridized carbons (Fsp3) is 0.524. The molecular weight excluding hydrogens is 479 g/mol. The number of ether oxygens (including phenoxy) is 1. The summed E-state index contributed by atoms with van der Waals surface area (Å²) in [6, 6.07) is 8.61. The van der Waals surface area contributed by atoms with Crippen molar-refractivity contribution in [1.82, 2.24) is 25.1 Å². The van der Waals surface area contributed by atoms with Gasteiger partial charge in [-0.15, -0.1) is 24.0 Å². The Labute approximate surface area is 191 Å². The van der Waals surface area contributed by atoms with E-state index in [0.717, 1.165) is 64.3 Å². The van der Waals surface area contributed by atoms with Gasteiger partial charge in [0.05, 0.1) is 19.8 Å². The van der Waals surface area contributed by atoms with Gasteiger partial charge < -0.3 is 19.9 Å². The molecule has 0 saturated carbocycles. The zero-order chi connectivity index (χ0) is 19.6. The van der Waals surface area contributed by atoms with Crippen LogP contribution in [0.25, 0.3) is 0 Å². The number of nitrogens with zero attached hydrogens (tertiary/aromatic N) is 4. The van der Waals surface area contributed by atoms with Crippen LogP contribution in [-0.2, 0) is 17.8 Å². The highest BCUT2D eigenvalue weighted by atomic mass is 127. The number of nitrogens with one attached hydrogen (secondary N) is 2. The largest absolute Gasteiger partial charge is 0.379 e. The number of imidazole rings is 1. The van der Waals surface area contributed by atoms with Crippen molar-refractivity contribution >= 4 is 29.9 Å². The Balaban J connectivity index is 0.00000300. The molecule has 1 aromatic heterocycles. The van der Waals surface area contributed by atoms with Crippen molar-refractivity contribution in [2.45, 2.75) is 26.9 Å². The maximum atomic E-state index is 5.40. The van der Waals surface area contributed by atoms with Crippen molar-refractivity contribution in [3.05, 3.63) is 53.6 Å². The van der Waals surface area contributed by atoms with E-state index in [1.165, 1.54) is 11.1 Å². The fourth-order valence-electron chi connectivity index (χ4n) is 3.26. The minimum absolute atomic E-state index is 0. The molecule has 1 aromatic carbocycles. The number of hydrogen-bond donors (Lipinski definition) is 2. The lowest BCUT2D eigenvalue weighted by Crippen LogP contribution is -2.44. The van der Waals surface area contributed by atoms with Crippen molar-refractivity contribution in [2.75, 3.05) is 45.9 Å². The van der Waals surface area contributed by atoms with E-state index in [9.17, 15) is 0 Å². The zero-order valence-corrected chi connectivity index (χ0v) is 19.8. The first kappa shape index (κ1) is 23.6. The topological polar surface area (TPSA) is 66.7 Å². The molecule has 3 rings (SSSR count). The van der Waals surface area contributed by atoms with E-state index in [2.05, 4.69) is 56.3 Å². The molecule has 0 unspecified atom stereocenters. The Morgan fingerprint density at radius 1 is 1.21 bits per heavy atom. The molecule has 2 heterocycles. The first-order chi connectivity index (χ1) is 13.7. The predicted molar refractivity (Wildman–Crippen MR) is 128 cm³/mol. The Kier molecular flexibility index (Phi) is 10.4. The van der Waals surface area contributed by atoms with Crippen LogP contribution in [0, 0.1) is 6.92 Å². The minimum atomic E-state index is 0. The Hall–Kier alpha value is -1.65. The molecule has 0 amide bonds. The van der Waals surface area contributed by atoms with Gasteiger partial charge in [0.15, 0.2) is 5.96 Å². The molecule has 8 heteroatoms. The van der Waals surface area contributed by atoms with E-state index in [1.807, 2.05) is 19.3 Å². The lowest BCUT2D eigenvalue weighted by atomic mass is 10.1. The summed E-state index contributed by atoms with van der Waals surface area (Å²) in [5, 5.41) is 6.77. The van der Waals surface area contributed by atoms with E-state index in [1.54, 1.807) is 0 Å². The van der Waals surface area contributed by atoms with Gasteiger partial charge in [-0.3, -0.25) is 4.90 Å². The molecule has 1 aliphatic heterocycles. The summed E-state index contributed by atoms with van der Waals surface area (Å²) in [5.41, 5.74) is 2.47. The molecule has 1 fully saturated rings. The SMILES string of the molecule is CCNC(=NCc1cccc(Cn2ccnc2C)c1)NCCN1CCOCC1.I. The molecule has 1 aliphatic rings. The van der Waals surface area contributed by atoms with Gasteiger partial charge in [0, 0.05) is 51.7 Å². The zero-order valence-electron chi connectivity index (χ0n) is 17.4. The Morgan fingerprint density at radius 3 is 2.72 bits per heavy atom. The summed E-state index contributed by atoms with van der Waals surface area (Å²) in [6.07, 6.45) is 3.86. The van der Waals surface area contributed by atoms with E-state index in [4.69, 9.17) is 9.73 Å². The lowest BCUT2D eigenvalue weighted by molar-refractivity contribution is 0.0389. The highest BCUT2D eigenvalue weighted by Gasteiger charge is 2.09. The molecule has 2 aromatic rings. The summed E-state index contributed by atoms with van der Waals surface area (Å²) in [6.45, 7) is 12.0. The van der Waals surface area contributed by atoms with Gasteiger partial charge in [0.1, 0.15) is 5.82 Å². The van der Waals surface area contributed by atoms with Gasteiger partial charge >= 0.3 is 0 Å². The van der Waals surface area contributed by atoms with Gasteiger partial charge in [0.25, 0.3) is 0 Å². The first-order valence-electron chi connectivity index (χ1n) is 10.1. The second-order valence-electron chi connectivity index (χ2n) is 7.00. The normalized spacial score (nSPS) is 15.0. The monoisotopic (exact) mass is 512 g/mol. The molecular formula is C21H33IN6O. The molecule has 0 aliphatic carbocycles. The maximum absolute atomic E-state index is 5.40. The number of aryl methyl sites for hydroxylation is 1. The molecule has 0 radical (unpaired) electrons. The number of hydrogen-bond acceptors (Lipinski definition) is 4. The Morgan fingerprint density at radius 2 is 2.00 bits per heavy atom. The van der Waals surface area contributed by atoms with Crippen LogP contribution in [0.5, 0.6) is 0 Å². The number of aromatic nitrogens is 2. The van der Waals surface area contributed by atoms with Crippen LogP contribution in [0.2, 0.25) is 0 Å². The summed E-state index contributed by atoms with van der Waals surface area (Å²) in [7, 11) is 0. The first-order valence-corrected chi connectivity index (χ1v) is 10.1. The van der Waals surface area contributed by atoms with Crippen molar-refractivity contribution < 1.29 is 4.74 Å². The molecule has 29 heavy (non-hydrogen) atoms. The molecule has 1 saturated heterocycles. The molecule has 2 N–H and O–H groups in total. The maximum Gasteiger partial charge on any atom is 0.191 e. The average molecular weight is 512 g/mol. The van der Waals surface area contributed by atoms with E-state index < -0.39 is 0 Å². The van der Waals surface area contributed by atoms with Gasteiger partial charge in [-0.05, 0) is 25.0 Å². The van der Waals surface area contributed by atoms with Crippen LogP contribution in [-0.4, -0.2) is 66.3 Å². The van der Waals surface area contributed by atoms with Crippen molar-refractivity contribution in [3.8, 4) is 0 Å². The number of rotatable bonds is 8. The lowest BCUT2D eigenvalue weighted by Gasteiger charge is -2.26. The van der Waals surface area contributed by atoms with Crippen LogP contribution in [0.3, 0.4) is 0 Å². The highest BCUT2D eigenvalue weighted by molar-refractivity contribution is 14.0. The van der Waals surface area contributed by atoms with E-state index >= 15 is 0 Å². The minimum Gasteiger partial charge on any atom is -0.379 e. The highest BCUT2D eigenvalue weighted by Crippen LogP contribution is 2.09. The average Bonchev–Trinajstić information content (AvgIpc) is 3.12. The molecule has 160 valence electrons. The number of aliphatic imine (C=N–C) groups is 1. The van der Waals surface area contributed by atoms with Crippen LogP contribution in [0.1, 0.15) is 23.9 Å². The number of benzene rings is 1. The molecule has 0 spiro atoms. The fourth-order valence-corrected chi connectivity index (χ4v) is 3.26. The van der Waals surface area contributed by atoms with Crippen LogP contribution in [0.15, 0.2) is 41.7 Å². The molecule has 7 nitrogen and oxygen atoms in total. The van der Waals surface area contributed by atoms with Gasteiger partial charge in [0.2, 0.25) is 0 Å². The van der Waals surface area contributed by atoms with Crippen LogP contribution >= 0.6 is 24.0 Å². The summed E-state index contributed by atoms with van der Waals surface area (Å²) < 4.78 is 7.55. The third-order valence-corrected chi connectivity index (χ3v) is 4.86. The van der Waals surface area contributed by atoms with Crippen LogP contribution < -0.4 is 10.6 Å². The molecule has 0 bridgehead atoms. The Bertz CT molecular complexity index is 757. The predicted octanol–water partition coefficient (Wildman–Crippen LogP) is 2.25. The second kappa shape index (κ2) is 12.8. The number of halogens is 1. The van der Waals surface area contributed by atoms with Crippen molar-refractivity contribution in [1.29, 1.82) is 0 Å². The number of morpholine rings is 1. The standard InChI is InChI=1S/C21H32N6O.HI/c1-3-22-21(24-7-9-26-11-13-28-14-12-26)25-16-19-5-4-6-20(15-19)17-27-10-8-23-18(27)2;/h4-6,8,10,15H,3,7,9,11-14,16-17H2,1-2H3,(H2,22,24,25);1H. The van der Waals surface area contributed by atoms with Gasteiger partial charge in [-0.1, -0.05) is 24.3 Å². The summed E-state index contributed by atoms with van der Waals surface area (Å²) in [4.78, 5) is 11.5. The third-order valence-electron chi connectivity index (χ3n) is 4.86. The van der Waals surface area contributed by atoms with Gasteiger partial charge in [-0.25, -0.2) is 9.98 Å². The van der Waals surface area contributed by atoms with Crippen molar-refractivity contribution in [3.63, 3.8) is 0 Å². The van der Waals surface area contributed by atoms with Crippen LogP contribution in [0.4, 0.5) is 0 Å². The molecule has 0 atom stereocenters.